The molecule has 4 rings (SSSR count). The van der Waals surface area contributed by atoms with Gasteiger partial charge in [0.15, 0.2) is 11.5 Å². The zero-order chi connectivity index (χ0) is 14.9. The number of nitrogens with zero attached hydrogens (tertiary/aromatic N) is 2. The highest BCUT2D eigenvalue weighted by atomic mass is 16.6. The molecule has 22 heavy (non-hydrogen) atoms. The molecule has 0 N–H and O–H groups in total. The number of aryl methyl sites for hydroxylation is 1. The van der Waals surface area contributed by atoms with E-state index >= 15 is 0 Å². The Morgan fingerprint density at radius 1 is 0.818 bits per heavy atom. The van der Waals surface area contributed by atoms with E-state index in [9.17, 15) is 0 Å². The molecule has 1 aromatic heterocycles. The van der Waals surface area contributed by atoms with Crippen molar-refractivity contribution in [2.24, 2.45) is 0 Å². The van der Waals surface area contributed by atoms with Crippen LogP contribution in [0.2, 0.25) is 0 Å². The summed E-state index contributed by atoms with van der Waals surface area (Å²) in [4.78, 5) is 0. The van der Waals surface area contributed by atoms with Crippen LogP contribution < -0.4 is 9.47 Å². The third-order valence-electron chi connectivity index (χ3n) is 3.51. The molecule has 2 heterocycles. The van der Waals surface area contributed by atoms with Gasteiger partial charge in [0.05, 0.1) is 0 Å². The van der Waals surface area contributed by atoms with Crippen LogP contribution in [0.5, 0.6) is 11.5 Å². The second kappa shape index (κ2) is 5.18. The summed E-state index contributed by atoms with van der Waals surface area (Å²) in [5.74, 6) is 2.65. The molecule has 0 saturated heterocycles. The molecule has 5 heteroatoms. The summed E-state index contributed by atoms with van der Waals surface area (Å²) in [5.41, 5.74) is 3.01. The minimum absolute atomic E-state index is 0.525. The Balaban J connectivity index is 1.73. The van der Waals surface area contributed by atoms with E-state index in [0.29, 0.717) is 25.0 Å². The van der Waals surface area contributed by atoms with Crippen LogP contribution in [0.1, 0.15) is 5.89 Å². The highest BCUT2D eigenvalue weighted by Gasteiger charge is 2.13. The Morgan fingerprint density at radius 3 is 2.41 bits per heavy atom. The van der Waals surface area contributed by atoms with E-state index in [1.807, 2.05) is 42.5 Å². The fourth-order valence-electron chi connectivity index (χ4n) is 2.47. The zero-order valence-electron chi connectivity index (χ0n) is 12.1. The van der Waals surface area contributed by atoms with Gasteiger partial charge in [-0.1, -0.05) is 18.2 Å². The average Bonchev–Trinajstić information content (AvgIpc) is 3.01. The van der Waals surface area contributed by atoms with Gasteiger partial charge in [-0.25, -0.2) is 0 Å². The third kappa shape index (κ3) is 2.30. The Kier molecular flexibility index (Phi) is 3.04. The SMILES string of the molecule is Cc1nnc(-c2cccc(-c3ccc4c(c3)OCCO4)c2)o1. The molecule has 0 radical (unpaired) electrons. The summed E-state index contributed by atoms with van der Waals surface area (Å²) in [7, 11) is 0. The van der Waals surface area contributed by atoms with Crippen LogP contribution in [0.3, 0.4) is 0 Å². The molecule has 1 aliphatic rings. The van der Waals surface area contributed by atoms with Crippen LogP contribution in [0, 0.1) is 6.92 Å². The van der Waals surface area contributed by atoms with Crippen molar-refractivity contribution >= 4 is 0 Å². The fourth-order valence-corrected chi connectivity index (χ4v) is 2.47. The van der Waals surface area contributed by atoms with Gasteiger partial charge in [0, 0.05) is 12.5 Å². The first kappa shape index (κ1) is 12.9. The van der Waals surface area contributed by atoms with Crippen LogP contribution in [0.25, 0.3) is 22.6 Å². The fraction of sp³-hybridized carbons (Fsp3) is 0.176. The van der Waals surface area contributed by atoms with E-state index in [4.69, 9.17) is 13.9 Å². The largest absolute Gasteiger partial charge is 0.486 e. The monoisotopic (exact) mass is 294 g/mol. The quantitative estimate of drug-likeness (QED) is 0.724. The molecule has 0 spiro atoms. The van der Waals surface area contributed by atoms with Crippen LogP contribution in [-0.4, -0.2) is 23.4 Å². The van der Waals surface area contributed by atoms with Crippen LogP contribution in [0.4, 0.5) is 0 Å². The van der Waals surface area contributed by atoms with Gasteiger partial charge in [0.1, 0.15) is 13.2 Å². The lowest BCUT2D eigenvalue weighted by molar-refractivity contribution is 0.171. The normalized spacial score (nSPS) is 13.1. The second-order valence-corrected chi connectivity index (χ2v) is 5.07. The summed E-state index contributed by atoms with van der Waals surface area (Å²) in [5, 5.41) is 7.93. The van der Waals surface area contributed by atoms with E-state index in [1.54, 1.807) is 6.92 Å². The molecule has 110 valence electrons. The lowest BCUT2D eigenvalue weighted by atomic mass is 10.0. The first-order valence-electron chi connectivity index (χ1n) is 7.10. The van der Waals surface area contributed by atoms with E-state index < -0.39 is 0 Å². The molecule has 1 aliphatic heterocycles. The first-order chi connectivity index (χ1) is 10.8. The topological polar surface area (TPSA) is 57.4 Å². The van der Waals surface area contributed by atoms with Crippen molar-refractivity contribution in [3.05, 3.63) is 48.4 Å². The van der Waals surface area contributed by atoms with Gasteiger partial charge in [-0.15, -0.1) is 10.2 Å². The van der Waals surface area contributed by atoms with Crippen LogP contribution >= 0.6 is 0 Å². The predicted octanol–water partition coefficient (Wildman–Crippen LogP) is 3.48. The van der Waals surface area contributed by atoms with Crippen molar-refractivity contribution in [3.63, 3.8) is 0 Å². The maximum absolute atomic E-state index is 5.64. The molecule has 0 amide bonds. The van der Waals surface area contributed by atoms with Crippen molar-refractivity contribution in [2.45, 2.75) is 6.92 Å². The van der Waals surface area contributed by atoms with Gasteiger partial charge in [-0.05, 0) is 35.4 Å². The lowest BCUT2D eigenvalue weighted by Crippen LogP contribution is -2.15. The minimum atomic E-state index is 0.525. The van der Waals surface area contributed by atoms with Gasteiger partial charge in [0.2, 0.25) is 11.8 Å². The molecule has 2 aromatic carbocycles. The summed E-state index contributed by atoms with van der Waals surface area (Å²) >= 11 is 0. The summed E-state index contributed by atoms with van der Waals surface area (Å²) in [6.07, 6.45) is 0. The molecule has 5 nitrogen and oxygen atoms in total. The first-order valence-corrected chi connectivity index (χ1v) is 7.10. The number of rotatable bonds is 2. The molecule has 0 bridgehead atoms. The van der Waals surface area contributed by atoms with E-state index in [0.717, 1.165) is 28.2 Å². The number of fused-ring (bicyclic) bond motifs is 1. The van der Waals surface area contributed by atoms with E-state index in [-0.39, 0.29) is 0 Å². The zero-order valence-corrected chi connectivity index (χ0v) is 12.1. The molecule has 0 fully saturated rings. The van der Waals surface area contributed by atoms with Crippen molar-refractivity contribution in [1.29, 1.82) is 0 Å². The molecular weight excluding hydrogens is 280 g/mol. The Morgan fingerprint density at radius 2 is 1.59 bits per heavy atom. The average molecular weight is 294 g/mol. The summed E-state index contributed by atoms with van der Waals surface area (Å²) < 4.78 is 16.7. The molecule has 0 aliphatic carbocycles. The molecular formula is C17H14N2O3. The number of benzene rings is 2. The second-order valence-electron chi connectivity index (χ2n) is 5.07. The van der Waals surface area contributed by atoms with Crippen LogP contribution in [0.15, 0.2) is 46.9 Å². The van der Waals surface area contributed by atoms with Gasteiger partial charge in [0.25, 0.3) is 0 Å². The summed E-state index contributed by atoms with van der Waals surface area (Å²) in [6, 6.07) is 13.9. The summed E-state index contributed by atoms with van der Waals surface area (Å²) in [6.45, 7) is 2.96. The predicted molar refractivity (Wildman–Crippen MR) is 80.9 cm³/mol. The van der Waals surface area contributed by atoms with E-state index in [2.05, 4.69) is 10.2 Å². The highest BCUT2D eigenvalue weighted by Crippen LogP contribution is 2.35. The number of hydrogen-bond donors (Lipinski definition) is 0. The standard InChI is InChI=1S/C17H14N2O3/c1-11-18-19-17(22-11)14-4-2-3-12(9-14)13-5-6-15-16(10-13)21-8-7-20-15/h2-6,9-10H,7-8H2,1H3. The smallest absolute Gasteiger partial charge is 0.247 e. The maximum atomic E-state index is 5.64. The molecule has 0 saturated carbocycles. The maximum Gasteiger partial charge on any atom is 0.247 e. The Hall–Kier alpha value is -2.82. The molecule has 3 aromatic rings. The number of hydrogen-bond acceptors (Lipinski definition) is 5. The van der Waals surface area contributed by atoms with Gasteiger partial charge in [-0.3, -0.25) is 0 Å². The number of ether oxygens (including phenoxy) is 2. The van der Waals surface area contributed by atoms with Gasteiger partial charge in [-0.2, -0.15) is 0 Å². The third-order valence-corrected chi connectivity index (χ3v) is 3.51. The van der Waals surface area contributed by atoms with Crippen molar-refractivity contribution in [1.82, 2.24) is 10.2 Å². The molecule has 0 atom stereocenters. The van der Waals surface area contributed by atoms with Crippen molar-refractivity contribution in [2.75, 3.05) is 13.2 Å². The van der Waals surface area contributed by atoms with Gasteiger partial charge < -0.3 is 13.9 Å². The van der Waals surface area contributed by atoms with Gasteiger partial charge >= 0.3 is 0 Å². The van der Waals surface area contributed by atoms with E-state index in [1.165, 1.54) is 0 Å². The number of aromatic nitrogens is 2. The Labute approximate surface area is 127 Å². The minimum Gasteiger partial charge on any atom is -0.486 e. The van der Waals surface area contributed by atoms with Crippen LogP contribution in [-0.2, 0) is 0 Å². The molecule has 0 unspecified atom stereocenters. The highest BCUT2D eigenvalue weighted by molar-refractivity contribution is 5.71. The Bertz CT molecular complexity index is 826. The van der Waals surface area contributed by atoms with Crippen molar-refractivity contribution < 1.29 is 13.9 Å². The lowest BCUT2D eigenvalue weighted by Gasteiger charge is -2.19. The van der Waals surface area contributed by atoms with Crippen molar-refractivity contribution in [3.8, 4) is 34.1 Å².